The number of hydrogen-bond acceptors (Lipinski definition) is 4. The molecule has 1 aromatic carbocycles. The second-order valence-electron chi connectivity index (χ2n) is 6.09. The number of carbonyl (C=O) groups excluding carboxylic acids is 1. The van der Waals surface area contributed by atoms with Gasteiger partial charge in [-0.25, -0.2) is 0 Å². The van der Waals surface area contributed by atoms with Crippen LogP contribution in [0, 0.1) is 11.8 Å². The zero-order chi connectivity index (χ0) is 17.1. The van der Waals surface area contributed by atoms with Crippen LogP contribution in [0.5, 0.6) is 11.5 Å². The lowest BCUT2D eigenvalue weighted by atomic mass is 10.1. The molecular formula is C17H23NO5. The van der Waals surface area contributed by atoms with Gasteiger partial charge in [-0.05, 0) is 44.9 Å². The van der Waals surface area contributed by atoms with Crippen molar-refractivity contribution in [1.29, 1.82) is 0 Å². The van der Waals surface area contributed by atoms with E-state index in [0.717, 1.165) is 5.56 Å². The van der Waals surface area contributed by atoms with Crippen molar-refractivity contribution in [3.63, 3.8) is 0 Å². The summed E-state index contributed by atoms with van der Waals surface area (Å²) in [6.45, 7) is 5.73. The molecule has 23 heavy (non-hydrogen) atoms. The van der Waals surface area contributed by atoms with E-state index < -0.39 is 17.8 Å². The van der Waals surface area contributed by atoms with Crippen LogP contribution in [0.4, 0.5) is 0 Å². The molecule has 6 nitrogen and oxygen atoms in total. The van der Waals surface area contributed by atoms with Gasteiger partial charge in [0.25, 0.3) is 0 Å². The maximum atomic E-state index is 12.0. The lowest BCUT2D eigenvalue weighted by molar-refractivity contribution is -0.140. The van der Waals surface area contributed by atoms with Crippen LogP contribution in [-0.2, 0) is 9.59 Å². The van der Waals surface area contributed by atoms with E-state index in [1.807, 2.05) is 39.0 Å². The second-order valence-corrected chi connectivity index (χ2v) is 6.09. The van der Waals surface area contributed by atoms with Crippen molar-refractivity contribution in [2.45, 2.75) is 39.3 Å². The van der Waals surface area contributed by atoms with Gasteiger partial charge in [0.1, 0.15) is 0 Å². The van der Waals surface area contributed by atoms with Gasteiger partial charge in [-0.2, -0.15) is 0 Å². The van der Waals surface area contributed by atoms with Crippen LogP contribution < -0.4 is 14.8 Å². The van der Waals surface area contributed by atoms with Crippen LogP contribution in [0.25, 0.3) is 0 Å². The Bertz CT molecular complexity index is 599. The lowest BCUT2D eigenvalue weighted by Crippen LogP contribution is -2.29. The van der Waals surface area contributed by atoms with E-state index in [0.29, 0.717) is 17.9 Å². The first-order valence-electron chi connectivity index (χ1n) is 7.71. The minimum Gasteiger partial charge on any atom is -0.493 e. The third kappa shape index (κ3) is 4.15. The number of carbonyl (C=O) groups is 2. The maximum absolute atomic E-state index is 12.0. The Labute approximate surface area is 135 Å². The van der Waals surface area contributed by atoms with Crippen LogP contribution in [0.3, 0.4) is 0 Å². The number of rotatable bonds is 7. The number of methoxy groups -OCH3 is 1. The standard InChI is InChI=1S/C17H23NO5/c1-9(2)23-14-6-5-11(7-15(14)22-4)10(3)18-16(19)12-8-13(12)17(20)21/h5-7,9-10,12-13H,8H2,1-4H3,(H,18,19)(H,20,21)/t10-,12-,13-/m0/s1. The number of ether oxygens (including phenoxy) is 2. The summed E-state index contributed by atoms with van der Waals surface area (Å²) in [5.41, 5.74) is 0.874. The highest BCUT2D eigenvalue weighted by molar-refractivity contribution is 5.89. The molecule has 1 saturated carbocycles. The van der Waals surface area contributed by atoms with Crippen molar-refractivity contribution in [3.8, 4) is 11.5 Å². The molecule has 3 atom stereocenters. The molecule has 0 unspecified atom stereocenters. The quantitative estimate of drug-likeness (QED) is 0.805. The zero-order valence-electron chi connectivity index (χ0n) is 13.8. The highest BCUT2D eigenvalue weighted by Gasteiger charge is 2.48. The van der Waals surface area contributed by atoms with Gasteiger partial charge in [0.2, 0.25) is 5.91 Å². The third-order valence-corrected chi connectivity index (χ3v) is 3.85. The molecule has 6 heteroatoms. The third-order valence-electron chi connectivity index (χ3n) is 3.85. The van der Waals surface area contributed by atoms with E-state index >= 15 is 0 Å². The van der Waals surface area contributed by atoms with Crippen LogP contribution in [0.2, 0.25) is 0 Å². The highest BCUT2D eigenvalue weighted by atomic mass is 16.5. The van der Waals surface area contributed by atoms with E-state index in [-0.39, 0.29) is 18.1 Å². The fraction of sp³-hybridized carbons (Fsp3) is 0.529. The number of benzene rings is 1. The second kappa shape index (κ2) is 6.89. The van der Waals surface area contributed by atoms with Crippen LogP contribution in [0.15, 0.2) is 18.2 Å². The van der Waals surface area contributed by atoms with Gasteiger partial charge in [-0.15, -0.1) is 0 Å². The Morgan fingerprint density at radius 3 is 2.43 bits per heavy atom. The lowest BCUT2D eigenvalue weighted by Gasteiger charge is -2.18. The van der Waals surface area contributed by atoms with E-state index in [1.54, 1.807) is 7.11 Å². The number of hydrogen-bond donors (Lipinski definition) is 2. The van der Waals surface area contributed by atoms with E-state index in [2.05, 4.69) is 5.32 Å². The molecule has 0 aliphatic heterocycles. The van der Waals surface area contributed by atoms with Crippen LogP contribution in [-0.4, -0.2) is 30.2 Å². The van der Waals surface area contributed by atoms with Gasteiger partial charge in [0.05, 0.1) is 31.1 Å². The van der Waals surface area contributed by atoms with Crippen LogP contribution in [0.1, 0.15) is 38.8 Å². The summed E-state index contributed by atoms with van der Waals surface area (Å²) in [4.78, 5) is 22.9. The molecule has 0 bridgehead atoms. The van der Waals surface area contributed by atoms with Crippen molar-refractivity contribution in [2.24, 2.45) is 11.8 Å². The number of carboxylic acids is 1. The summed E-state index contributed by atoms with van der Waals surface area (Å²) < 4.78 is 11.0. The van der Waals surface area contributed by atoms with Crippen molar-refractivity contribution < 1.29 is 24.2 Å². The molecule has 126 valence electrons. The SMILES string of the molecule is COc1cc([C@H](C)NC(=O)[C@H]2C[C@@H]2C(=O)O)ccc1OC(C)C. The summed E-state index contributed by atoms with van der Waals surface area (Å²) in [5.74, 6) is -0.829. The molecule has 1 aliphatic rings. The first-order chi connectivity index (χ1) is 10.8. The monoisotopic (exact) mass is 321 g/mol. The predicted molar refractivity (Wildman–Crippen MR) is 84.5 cm³/mol. The zero-order valence-corrected chi connectivity index (χ0v) is 13.8. The summed E-state index contributed by atoms with van der Waals surface area (Å²) in [7, 11) is 1.57. The summed E-state index contributed by atoms with van der Waals surface area (Å²) in [6.07, 6.45) is 0.452. The molecule has 0 heterocycles. The molecule has 0 radical (unpaired) electrons. The Morgan fingerprint density at radius 1 is 1.22 bits per heavy atom. The Balaban J connectivity index is 2.03. The molecule has 1 aliphatic carbocycles. The molecule has 0 aromatic heterocycles. The van der Waals surface area contributed by atoms with Gasteiger partial charge < -0.3 is 19.9 Å². The predicted octanol–water partition coefficient (Wildman–Crippen LogP) is 2.38. The van der Waals surface area contributed by atoms with Gasteiger partial charge in [-0.1, -0.05) is 6.07 Å². The smallest absolute Gasteiger partial charge is 0.307 e. The topological polar surface area (TPSA) is 84.9 Å². The maximum Gasteiger partial charge on any atom is 0.307 e. The number of carboxylic acid groups (broad SMARTS) is 1. The average Bonchev–Trinajstić information content (AvgIpc) is 3.27. The number of amides is 1. The molecule has 0 spiro atoms. The van der Waals surface area contributed by atoms with Crippen molar-refractivity contribution in [1.82, 2.24) is 5.32 Å². The Kier molecular flexibility index (Phi) is 5.13. The van der Waals surface area contributed by atoms with E-state index in [9.17, 15) is 9.59 Å². The molecule has 1 amide bonds. The fourth-order valence-corrected chi connectivity index (χ4v) is 2.47. The Morgan fingerprint density at radius 2 is 1.91 bits per heavy atom. The van der Waals surface area contributed by atoms with E-state index in [4.69, 9.17) is 14.6 Å². The number of nitrogens with one attached hydrogen (secondary N) is 1. The van der Waals surface area contributed by atoms with Gasteiger partial charge in [0, 0.05) is 0 Å². The van der Waals surface area contributed by atoms with Crippen LogP contribution >= 0.6 is 0 Å². The molecular weight excluding hydrogens is 298 g/mol. The van der Waals surface area contributed by atoms with Gasteiger partial charge >= 0.3 is 5.97 Å². The summed E-state index contributed by atoms with van der Waals surface area (Å²) in [5, 5.41) is 11.7. The minimum atomic E-state index is -0.908. The first kappa shape index (κ1) is 17.1. The van der Waals surface area contributed by atoms with Crippen molar-refractivity contribution in [3.05, 3.63) is 23.8 Å². The van der Waals surface area contributed by atoms with Crippen molar-refractivity contribution >= 4 is 11.9 Å². The molecule has 1 aromatic rings. The molecule has 2 N–H and O–H groups in total. The normalized spacial score (nSPS) is 20.7. The highest BCUT2D eigenvalue weighted by Crippen LogP contribution is 2.39. The molecule has 2 rings (SSSR count). The molecule has 1 fully saturated rings. The summed E-state index contributed by atoms with van der Waals surface area (Å²) in [6, 6.07) is 5.27. The Hall–Kier alpha value is -2.24. The average molecular weight is 321 g/mol. The van der Waals surface area contributed by atoms with E-state index in [1.165, 1.54) is 0 Å². The van der Waals surface area contributed by atoms with Crippen molar-refractivity contribution in [2.75, 3.05) is 7.11 Å². The first-order valence-corrected chi connectivity index (χ1v) is 7.71. The fourth-order valence-electron chi connectivity index (χ4n) is 2.47. The minimum absolute atomic E-state index is 0.0368. The molecule has 0 saturated heterocycles. The number of aliphatic carboxylic acids is 1. The largest absolute Gasteiger partial charge is 0.493 e. The van der Waals surface area contributed by atoms with Gasteiger partial charge in [-0.3, -0.25) is 9.59 Å². The summed E-state index contributed by atoms with van der Waals surface area (Å²) >= 11 is 0. The van der Waals surface area contributed by atoms with Gasteiger partial charge in [0.15, 0.2) is 11.5 Å².